The fourth-order valence-corrected chi connectivity index (χ4v) is 3.78. The molecular weight excluding hydrogens is 455 g/mol. The fraction of sp³-hybridized carbons (Fsp3) is 0.375. The van der Waals surface area contributed by atoms with E-state index >= 15 is 0 Å². The molecule has 178 valence electrons. The van der Waals surface area contributed by atoms with E-state index in [1.54, 1.807) is 44.1 Å². The van der Waals surface area contributed by atoms with E-state index in [1.165, 1.54) is 37.4 Å². The molecule has 0 aliphatic heterocycles. The molecule has 0 unspecified atom stereocenters. The van der Waals surface area contributed by atoms with Gasteiger partial charge in [0.1, 0.15) is 5.82 Å². The van der Waals surface area contributed by atoms with E-state index in [1.807, 2.05) is 13.8 Å². The van der Waals surface area contributed by atoms with Gasteiger partial charge in [0, 0.05) is 17.0 Å². The molecule has 1 amide bonds. The number of carbonyl (C=O) groups excluding carboxylic acids is 1. The lowest BCUT2D eigenvalue weighted by Gasteiger charge is -2.23. The zero-order chi connectivity index (χ0) is 24.3. The minimum absolute atomic E-state index is 0.0547. The third-order valence-corrected chi connectivity index (χ3v) is 6.29. The highest BCUT2D eigenvalue weighted by molar-refractivity contribution is 8.01. The van der Waals surface area contributed by atoms with Crippen molar-refractivity contribution in [2.75, 3.05) is 10.0 Å². The first-order valence-electron chi connectivity index (χ1n) is 11.1. The Labute approximate surface area is 202 Å². The SMILES string of the molecule is CC(C)Oc1cncc(-c2ccc(NC(=O)C(C)(C)c3ccnc(NSC4CC4)n3)c(F)c2)n1. The molecule has 0 spiro atoms. The number of ether oxygens (including phenoxy) is 1. The molecule has 3 aromatic rings. The smallest absolute Gasteiger partial charge is 0.236 e. The number of aromatic nitrogens is 4. The zero-order valence-corrected chi connectivity index (χ0v) is 20.3. The van der Waals surface area contributed by atoms with Crippen molar-refractivity contribution in [3.05, 3.63) is 54.4 Å². The second kappa shape index (κ2) is 9.92. The summed E-state index contributed by atoms with van der Waals surface area (Å²) in [6.45, 7) is 7.26. The maximum Gasteiger partial charge on any atom is 0.236 e. The van der Waals surface area contributed by atoms with Crippen LogP contribution in [0.5, 0.6) is 5.88 Å². The maximum atomic E-state index is 14.9. The van der Waals surface area contributed by atoms with Crippen molar-refractivity contribution in [1.82, 2.24) is 19.9 Å². The number of anilines is 2. The quantitative estimate of drug-likeness (QED) is 0.411. The van der Waals surface area contributed by atoms with Gasteiger partial charge in [-0.1, -0.05) is 6.07 Å². The lowest BCUT2D eigenvalue weighted by atomic mass is 9.88. The number of carbonyl (C=O) groups is 1. The van der Waals surface area contributed by atoms with Crippen molar-refractivity contribution >= 4 is 29.5 Å². The van der Waals surface area contributed by atoms with E-state index < -0.39 is 11.2 Å². The molecule has 1 aliphatic carbocycles. The molecule has 2 N–H and O–H groups in total. The monoisotopic (exact) mass is 482 g/mol. The van der Waals surface area contributed by atoms with E-state index in [4.69, 9.17) is 4.74 Å². The number of hydrogen-bond donors (Lipinski definition) is 2. The first-order chi connectivity index (χ1) is 16.2. The first-order valence-corrected chi connectivity index (χ1v) is 12.0. The first kappa shape index (κ1) is 23.9. The van der Waals surface area contributed by atoms with Gasteiger partial charge in [-0.3, -0.25) is 14.5 Å². The molecule has 8 nitrogen and oxygen atoms in total. The highest BCUT2D eigenvalue weighted by Crippen LogP contribution is 2.34. The molecule has 0 saturated heterocycles. The maximum absolute atomic E-state index is 14.9. The standard InChI is InChI=1S/C24H27FN6O2S/c1-14(2)33-21-13-26-12-19(28-21)15-5-8-18(17(25)11-15)29-22(32)24(3,4)20-9-10-27-23(30-20)31-34-16-6-7-16/h5,8-14,16H,6-7H2,1-4H3,(H,29,32)(H,27,30,31). The van der Waals surface area contributed by atoms with Gasteiger partial charge in [0.15, 0.2) is 0 Å². The summed E-state index contributed by atoms with van der Waals surface area (Å²) in [4.78, 5) is 30.3. The van der Waals surface area contributed by atoms with E-state index in [2.05, 4.69) is 30.0 Å². The summed E-state index contributed by atoms with van der Waals surface area (Å²) in [5.74, 6) is -0.146. The van der Waals surface area contributed by atoms with Crippen LogP contribution >= 0.6 is 11.9 Å². The van der Waals surface area contributed by atoms with E-state index in [9.17, 15) is 9.18 Å². The van der Waals surface area contributed by atoms with Crippen molar-refractivity contribution in [3.63, 3.8) is 0 Å². The second-order valence-corrected chi connectivity index (χ2v) is 9.97. The Balaban J connectivity index is 1.48. The van der Waals surface area contributed by atoms with Crippen LogP contribution in [0.15, 0.2) is 42.9 Å². The van der Waals surface area contributed by atoms with Gasteiger partial charge in [0.05, 0.1) is 41.0 Å². The summed E-state index contributed by atoms with van der Waals surface area (Å²) < 4.78 is 23.6. The van der Waals surface area contributed by atoms with Crippen molar-refractivity contribution in [3.8, 4) is 17.1 Å². The van der Waals surface area contributed by atoms with Crippen LogP contribution in [0, 0.1) is 5.82 Å². The third kappa shape index (κ3) is 5.80. The normalized spacial score (nSPS) is 13.6. The molecule has 4 rings (SSSR count). The van der Waals surface area contributed by atoms with Gasteiger partial charge in [-0.15, -0.1) is 0 Å². The number of nitrogens with one attached hydrogen (secondary N) is 2. The Hall–Kier alpha value is -3.27. The van der Waals surface area contributed by atoms with Gasteiger partial charge in [-0.25, -0.2) is 19.3 Å². The molecule has 1 saturated carbocycles. The zero-order valence-electron chi connectivity index (χ0n) is 19.5. The Kier molecular flexibility index (Phi) is 6.97. The van der Waals surface area contributed by atoms with Crippen molar-refractivity contribution in [2.24, 2.45) is 0 Å². The molecule has 1 fully saturated rings. The molecule has 10 heteroatoms. The fourth-order valence-electron chi connectivity index (χ4n) is 3.03. The Morgan fingerprint density at radius 3 is 2.71 bits per heavy atom. The number of benzene rings is 1. The lowest BCUT2D eigenvalue weighted by Crippen LogP contribution is -2.36. The van der Waals surface area contributed by atoms with Gasteiger partial charge in [0.25, 0.3) is 0 Å². The summed E-state index contributed by atoms with van der Waals surface area (Å²) in [7, 11) is 0. The average molecular weight is 483 g/mol. The van der Waals surface area contributed by atoms with Gasteiger partial charge in [-0.05, 0) is 70.7 Å². The van der Waals surface area contributed by atoms with Crippen molar-refractivity contribution in [1.29, 1.82) is 0 Å². The van der Waals surface area contributed by atoms with E-state index in [0.717, 1.165) is 0 Å². The van der Waals surface area contributed by atoms with Crippen LogP contribution < -0.4 is 14.8 Å². The predicted molar refractivity (Wildman–Crippen MR) is 131 cm³/mol. The van der Waals surface area contributed by atoms with Crippen LogP contribution in [0.1, 0.15) is 46.2 Å². The number of rotatable bonds is 9. The summed E-state index contributed by atoms with van der Waals surface area (Å²) in [6.07, 6.45) is 6.96. The van der Waals surface area contributed by atoms with Gasteiger partial charge >= 0.3 is 0 Å². The van der Waals surface area contributed by atoms with Crippen LogP contribution in [0.3, 0.4) is 0 Å². The van der Waals surface area contributed by atoms with Crippen LogP contribution in [0.25, 0.3) is 11.3 Å². The minimum Gasteiger partial charge on any atom is -0.474 e. The number of amides is 1. The van der Waals surface area contributed by atoms with Crippen LogP contribution in [-0.4, -0.2) is 37.2 Å². The van der Waals surface area contributed by atoms with Gasteiger partial charge < -0.3 is 10.1 Å². The number of hydrogen-bond acceptors (Lipinski definition) is 8. The highest BCUT2D eigenvalue weighted by Gasteiger charge is 2.32. The molecular formula is C24H27FN6O2S. The molecule has 2 heterocycles. The lowest BCUT2D eigenvalue weighted by molar-refractivity contribution is -0.120. The van der Waals surface area contributed by atoms with Gasteiger partial charge in [-0.2, -0.15) is 0 Å². The summed E-state index contributed by atoms with van der Waals surface area (Å²) in [6, 6.07) is 6.19. The number of halogens is 1. The number of nitrogens with zero attached hydrogens (tertiary/aromatic N) is 4. The molecule has 1 aromatic carbocycles. The van der Waals surface area contributed by atoms with Crippen molar-refractivity contribution in [2.45, 2.75) is 57.3 Å². The highest BCUT2D eigenvalue weighted by atomic mass is 32.2. The molecule has 0 bridgehead atoms. The molecule has 0 radical (unpaired) electrons. The Bertz CT molecular complexity index is 1190. The van der Waals surface area contributed by atoms with Crippen LogP contribution in [0.2, 0.25) is 0 Å². The molecule has 2 aromatic heterocycles. The van der Waals surface area contributed by atoms with Crippen LogP contribution in [0.4, 0.5) is 16.0 Å². The second-order valence-electron chi connectivity index (χ2n) is 8.87. The molecule has 0 atom stereocenters. The van der Waals surface area contributed by atoms with Crippen molar-refractivity contribution < 1.29 is 13.9 Å². The van der Waals surface area contributed by atoms with Crippen LogP contribution in [-0.2, 0) is 10.2 Å². The Morgan fingerprint density at radius 2 is 2.00 bits per heavy atom. The largest absolute Gasteiger partial charge is 0.474 e. The predicted octanol–water partition coefficient (Wildman–Crippen LogP) is 5.00. The topological polar surface area (TPSA) is 102 Å². The van der Waals surface area contributed by atoms with Gasteiger partial charge in [0.2, 0.25) is 17.7 Å². The summed E-state index contributed by atoms with van der Waals surface area (Å²) >= 11 is 1.59. The van der Waals surface area contributed by atoms with E-state index in [0.29, 0.717) is 34.0 Å². The summed E-state index contributed by atoms with van der Waals surface area (Å²) in [5, 5.41) is 3.27. The minimum atomic E-state index is -1.01. The Morgan fingerprint density at radius 1 is 1.21 bits per heavy atom. The molecule has 34 heavy (non-hydrogen) atoms. The van der Waals surface area contributed by atoms with E-state index in [-0.39, 0.29) is 17.7 Å². The average Bonchev–Trinajstić information content (AvgIpc) is 3.63. The molecule has 1 aliphatic rings. The summed E-state index contributed by atoms with van der Waals surface area (Å²) in [5.41, 5.74) is 0.591. The third-order valence-electron chi connectivity index (χ3n) is 5.19.